The molecule has 0 amide bonds. The van der Waals surface area contributed by atoms with E-state index in [4.69, 9.17) is 4.74 Å². The molecule has 0 saturated carbocycles. The Bertz CT molecular complexity index is 299. The summed E-state index contributed by atoms with van der Waals surface area (Å²) in [4.78, 5) is 0. The van der Waals surface area contributed by atoms with Gasteiger partial charge in [0.15, 0.2) is 0 Å². The lowest BCUT2D eigenvalue weighted by atomic mass is 10.0. The van der Waals surface area contributed by atoms with Gasteiger partial charge in [0.05, 0.1) is 6.10 Å². The fourth-order valence-electron chi connectivity index (χ4n) is 2.37. The van der Waals surface area contributed by atoms with E-state index in [0.29, 0.717) is 18.2 Å². The second kappa shape index (κ2) is 5.80. The summed E-state index contributed by atoms with van der Waals surface area (Å²) in [6, 6.07) is 3.41. The summed E-state index contributed by atoms with van der Waals surface area (Å²) in [6.07, 6.45) is 3.85. The van der Waals surface area contributed by atoms with Gasteiger partial charge in [0.25, 0.3) is 0 Å². The summed E-state index contributed by atoms with van der Waals surface area (Å²) in [5.41, 5.74) is 1.45. The molecular weight excluding hydrogens is 218 g/mol. The molecule has 3 heteroatoms. The van der Waals surface area contributed by atoms with Crippen molar-refractivity contribution in [3.05, 3.63) is 22.4 Å². The average Bonchev–Trinajstić information content (AvgIpc) is 2.70. The first kappa shape index (κ1) is 12.1. The summed E-state index contributed by atoms with van der Waals surface area (Å²) in [5, 5.41) is 8.10. The molecular formula is C13H21NOS. The zero-order chi connectivity index (χ0) is 11.4. The van der Waals surface area contributed by atoms with Gasteiger partial charge in [-0.3, -0.25) is 0 Å². The highest BCUT2D eigenvalue weighted by Gasteiger charge is 2.20. The lowest BCUT2D eigenvalue weighted by molar-refractivity contribution is 0.0116. The Balaban J connectivity index is 1.76. The van der Waals surface area contributed by atoms with Crippen LogP contribution in [0.4, 0.5) is 0 Å². The van der Waals surface area contributed by atoms with Crippen molar-refractivity contribution in [3.63, 3.8) is 0 Å². The molecule has 3 unspecified atom stereocenters. The average molecular weight is 239 g/mol. The van der Waals surface area contributed by atoms with E-state index in [0.717, 1.165) is 25.9 Å². The first-order valence-electron chi connectivity index (χ1n) is 6.13. The van der Waals surface area contributed by atoms with E-state index in [1.54, 1.807) is 11.3 Å². The molecule has 0 aromatic carbocycles. The maximum Gasteiger partial charge on any atom is 0.0561 e. The van der Waals surface area contributed by atoms with Crippen molar-refractivity contribution < 1.29 is 4.74 Å². The summed E-state index contributed by atoms with van der Waals surface area (Å²) >= 11 is 1.78. The summed E-state index contributed by atoms with van der Waals surface area (Å²) < 4.78 is 5.56. The predicted octanol–water partition coefficient (Wildman–Crippen LogP) is 2.84. The van der Waals surface area contributed by atoms with Crippen LogP contribution in [-0.2, 0) is 11.2 Å². The Morgan fingerprint density at radius 1 is 1.62 bits per heavy atom. The van der Waals surface area contributed by atoms with Gasteiger partial charge in [-0.2, -0.15) is 11.3 Å². The Hall–Kier alpha value is -0.380. The molecule has 0 bridgehead atoms. The van der Waals surface area contributed by atoms with Gasteiger partial charge in [-0.25, -0.2) is 0 Å². The van der Waals surface area contributed by atoms with Gasteiger partial charge in [0.1, 0.15) is 0 Å². The van der Waals surface area contributed by atoms with Crippen molar-refractivity contribution >= 4 is 11.3 Å². The molecule has 1 aliphatic heterocycles. The zero-order valence-corrected chi connectivity index (χ0v) is 10.9. The smallest absolute Gasteiger partial charge is 0.0561 e. The third-order valence-electron chi connectivity index (χ3n) is 3.13. The molecule has 1 saturated heterocycles. The number of ether oxygens (including phenoxy) is 1. The number of thiophene rings is 1. The largest absolute Gasteiger partial charge is 0.378 e. The van der Waals surface area contributed by atoms with E-state index >= 15 is 0 Å². The van der Waals surface area contributed by atoms with Crippen molar-refractivity contribution in [2.75, 3.05) is 6.61 Å². The highest BCUT2D eigenvalue weighted by atomic mass is 32.1. The molecule has 90 valence electrons. The molecule has 1 aliphatic rings. The van der Waals surface area contributed by atoms with Gasteiger partial charge in [0, 0.05) is 18.7 Å². The lowest BCUT2D eigenvalue weighted by Crippen LogP contribution is -2.43. The highest BCUT2D eigenvalue weighted by molar-refractivity contribution is 7.07. The number of hydrogen-bond donors (Lipinski definition) is 1. The third-order valence-corrected chi connectivity index (χ3v) is 3.86. The first-order valence-corrected chi connectivity index (χ1v) is 7.07. The quantitative estimate of drug-likeness (QED) is 0.872. The van der Waals surface area contributed by atoms with E-state index in [9.17, 15) is 0 Å². The van der Waals surface area contributed by atoms with Gasteiger partial charge in [-0.1, -0.05) is 0 Å². The fourth-order valence-corrected chi connectivity index (χ4v) is 3.05. The molecule has 3 atom stereocenters. The predicted molar refractivity (Wildman–Crippen MR) is 69.1 cm³/mol. The standard InChI is InChI=1S/C13H21NOS/c1-10(7-12-4-6-16-9-12)14-13-3-5-15-11(2)8-13/h4,6,9-11,13-14H,3,5,7-8H2,1-2H3. The van der Waals surface area contributed by atoms with E-state index in [1.165, 1.54) is 5.56 Å². The van der Waals surface area contributed by atoms with E-state index < -0.39 is 0 Å². The maximum atomic E-state index is 5.56. The van der Waals surface area contributed by atoms with Crippen LogP contribution in [0.25, 0.3) is 0 Å². The van der Waals surface area contributed by atoms with Crippen LogP contribution in [-0.4, -0.2) is 24.8 Å². The number of rotatable bonds is 4. The minimum Gasteiger partial charge on any atom is -0.378 e. The third kappa shape index (κ3) is 3.58. The van der Waals surface area contributed by atoms with Crippen molar-refractivity contribution in [1.82, 2.24) is 5.32 Å². The van der Waals surface area contributed by atoms with Crippen LogP contribution in [0.5, 0.6) is 0 Å². The molecule has 0 spiro atoms. The Kier molecular flexibility index (Phi) is 4.38. The van der Waals surface area contributed by atoms with Crippen LogP contribution in [0.15, 0.2) is 16.8 Å². The number of nitrogens with one attached hydrogen (secondary N) is 1. The van der Waals surface area contributed by atoms with Gasteiger partial charge in [-0.15, -0.1) is 0 Å². The van der Waals surface area contributed by atoms with E-state index in [2.05, 4.69) is 36.0 Å². The fraction of sp³-hybridized carbons (Fsp3) is 0.692. The van der Waals surface area contributed by atoms with Gasteiger partial charge in [-0.05, 0) is 55.5 Å². The molecule has 1 N–H and O–H groups in total. The minimum atomic E-state index is 0.416. The van der Waals surface area contributed by atoms with Crippen LogP contribution in [0.2, 0.25) is 0 Å². The van der Waals surface area contributed by atoms with Crippen LogP contribution in [0.1, 0.15) is 32.3 Å². The Labute approximate surface area is 102 Å². The minimum absolute atomic E-state index is 0.416. The number of hydrogen-bond acceptors (Lipinski definition) is 3. The zero-order valence-electron chi connectivity index (χ0n) is 10.1. The summed E-state index contributed by atoms with van der Waals surface area (Å²) in [5.74, 6) is 0. The monoisotopic (exact) mass is 239 g/mol. The normalized spacial score (nSPS) is 27.9. The maximum absolute atomic E-state index is 5.56. The second-order valence-electron chi connectivity index (χ2n) is 4.81. The molecule has 1 fully saturated rings. The molecule has 2 rings (SSSR count). The summed E-state index contributed by atoms with van der Waals surface area (Å²) in [6.45, 7) is 5.35. The van der Waals surface area contributed by atoms with Crippen molar-refractivity contribution in [1.29, 1.82) is 0 Å². The molecule has 0 radical (unpaired) electrons. The molecule has 0 aliphatic carbocycles. The second-order valence-corrected chi connectivity index (χ2v) is 5.59. The topological polar surface area (TPSA) is 21.3 Å². The van der Waals surface area contributed by atoms with Crippen LogP contribution < -0.4 is 5.32 Å². The molecule has 1 aromatic rings. The van der Waals surface area contributed by atoms with Crippen LogP contribution >= 0.6 is 11.3 Å². The Morgan fingerprint density at radius 3 is 3.19 bits per heavy atom. The highest BCUT2D eigenvalue weighted by Crippen LogP contribution is 2.15. The van der Waals surface area contributed by atoms with Crippen molar-refractivity contribution in [2.45, 2.75) is 51.3 Å². The van der Waals surface area contributed by atoms with Gasteiger partial charge in [0.2, 0.25) is 0 Å². The molecule has 16 heavy (non-hydrogen) atoms. The SMILES string of the molecule is CC(Cc1ccsc1)NC1CCOC(C)C1. The first-order chi connectivity index (χ1) is 7.74. The molecule has 2 nitrogen and oxygen atoms in total. The van der Waals surface area contributed by atoms with Crippen LogP contribution in [0.3, 0.4) is 0 Å². The van der Waals surface area contributed by atoms with Gasteiger partial charge >= 0.3 is 0 Å². The molecule has 2 heterocycles. The van der Waals surface area contributed by atoms with E-state index in [-0.39, 0.29) is 0 Å². The Morgan fingerprint density at radius 2 is 2.50 bits per heavy atom. The van der Waals surface area contributed by atoms with Crippen LogP contribution in [0, 0.1) is 0 Å². The summed E-state index contributed by atoms with van der Waals surface area (Å²) in [7, 11) is 0. The van der Waals surface area contributed by atoms with Crippen molar-refractivity contribution in [3.8, 4) is 0 Å². The van der Waals surface area contributed by atoms with Gasteiger partial charge < -0.3 is 10.1 Å². The van der Waals surface area contributed by atoms with E-state index in [1.807, 2.05) is 0 Å². The molecule has 1 aromatic heterocycles. The lowest BCUT2D eigenvalue weighted by Gasteiger charge is -2.30. The van der Waals surface area contributed by atoms with Crippen molar-refractivity contribution in [2.24, 2.45) is 0 Å².